The van der Waals surface area contributed by atoms with Gasteiger partial charge >= 0.3 is 0 Å². The lowest BCUT2D eigenvalue weighted by Gasteiger charge is -2.46. The maximum absolute atomic E-state index is 4.28. The summed E-state index contributed by atoms with van der Waals surface area (Å²) in [5.74, 6) is 1.07. The number of nitrogens with zero attached hydrogens (tertiary/aromatic N) is 3. The molecule has 0 N–H and O–H groups in total. The van der Waals surface area contributed by atoms with Gasteiger partial charge in [0.25, 0.3) is 0 Å². The highest BCUT2D eigenvalue weighted by molar-refractivity contribution is 5.44. The highest BCUT2D eigenvalue weighted by Gasteiger charge is 2.32. The molecule has 1 aliphatic heterocycles. The van der Waals surface area contributed by atoms with Gasteiger partial charge in [-0.25, -0.2) is 9.97 Å². The highest BCUT2D eigenvalue weighted by atomic mass is 15.3. The molecule has 2 heterocycles. The third kappa shape index (κ3) is 1.39. The minimum atomic E-state index is 0.629. The smallest absolute Gasteiger partial charge is 0.132 e. The van der Waals surface area contributed by atoms with Crippen LogP contribution < -0.4 is 4.90 Å². The minimum Gasteiger partial charge on any atom is -0.351 e. The minimum absolute atomic E-state index is 0.629. The summed E-state index contributed by atoms with van der Waals surface area (Å²) in [7, 11) is 0. The SMILES string of the molecule is Cc1cc(N2C(C)CC2C)ncn1. The van der Waals surface area contributed by atoms with E-state index in [-0.39, 0.29) is 0 Å². The summed E-state index contributed by atoms with van der Waals surface area (Å²) in [4.78, 5) is 10.7. The molecule has 70 valence electrons. The Kier molecular flexibility index (Phi) is 1.94. The first-order valence-corrected chi connectivity index (χ1v) is 4.75. The molecule has 1 aromatic heterocycles. The van der Waals surface area contributed by atoms with Gasteiger partial charge in [-0.1, -0.05) is 0 Å². The molecular weight excluding hydrogens is 162 g/mol. The molecule has 0 bridgehead atoms. The summed E-state index contributed by atoms with van der Waals surface area (Å²) in [6.07, 6.45) is 2.91. The van der Waals surface area contributed by atoms with E-state index in [9.17, 15) is 0 Å². The van der Waals surface area contributed by atoms with Crippen molar-refractivity contribution in [2.24, 2.45) is 0 Å². The van der Waals surface area contributed by atoms with Gasteiger partial charge in [-0.3, -0.25) is 0 Å². The van der Waals surface area contributed by atoms with Crippen LogP contribution in [0.5, 0.6) is 0 Å². The molecule has 13 heavy (non-hydrogen) atoms. The van der Waals surface area contributed by atoms with Gasteiger partial charge in [0.15, 0.2) is 0 Å². The van der Waals surface area contributed by atoms with Gasteiger partial charge in [-0.2, -0.15) is 0 Å². The lowest BCUT2D eigenvalue weighted by atomic mass is 9.96. The normalized spacial score (nSPS) is 27.2. The van der Waals surface area contributed by atoms with Crippen LogP contribution in [0.1, 0.15) is 26.0 Å². The van der Waals surface area contributed by atoms with Crippen LogP contribution >= 0.6 is 0 Å². The first-order valence-electron chi connectivity index (χ1n) is 4.75. The molecular formula is C10H15N3. The van der Waals surface area contributed by atoms with E-state index in [2.05, 4.69) is 28.7 Å². The van der Waals surface area contributed by atoms with Crippen molar-refractivity contribution < 1.29 is 0 Å². The third-order valence-electron chi connectivity index (χ3n) is 2.69. The van der Waals surface area contributed by atoms with Crippen molar-refractivity contribution in [1.82, 2.24) is 9.97 Å². The Bertz CT molecular complexity index is 303. The van der Waals surface area contributed by atoms with E-state index in [0.29, 0.717) is 12.1 Å². The summed E-state index contributed by atoms with van der Waals surface area (Å²) < 4.78 is 0. The maximum Gasteiger partial charge on any atom is 0.132 e. The van der Waals surface area contributed by atoms with Crippen molar-refractivity contribution in [2.75, 3.05) is 4.90 Å². The Balaban J connectivity index is 2.25. The van der Waals surface area contributed by atoms with Gasteiger partial charge in [0, 0.05) is 23.8 Å². The summed E-state index contributed by atoms with van der Waals surface area (Å²) in [6.45, 7) is 6.47. The van der Waals surface area contributed by atoms with Gasteiger partial charge in [-0.15, -0.1) is 0 Å². The van der Waals surface area contributed by atoms with Crippen molar-refractivity contribution in [3.8, 4) is 0 Å². The largest absolute Gasteiger partial charge is 0.351 e. The highest BCUT2D eigenvalue weighted by Crippen LogP contribution is 2.29. The van der Waals surface area contributed by atoms with Crippen LogP contribution in [-0.2, 0) is 0 Å². The Morgan fingerprint density at radius 3 is 2.54 bits per heavy atom. The number of aryl methyl sites for hydroxylation is 1. The average molecular weight is 177 g/mol. The molecule has 2 unspecified atom stereocenters. The van der Waals surface area contributed by atoms with Crippen LogP contribution in [0, 0.1) is 6.92 Å². The van der Waals surface area contributed by atoms with Gasteiger partial charge in [-0.05, 0) is 27.2 Å². The van der Waals surface area contributed by atoms with Crippen LogP contribution in [0.4, 0.5) is 5.82 Å². The van der Waals surface area contributed by atoms with Crippen LogP contribution in [0.15, 0.2) is 12.4 Å². The number of hydrogen-bond donors (Lipinski definition) is 0. The zero-order valence-electron chi connectivity index (χ0n) is 8.36. The van der Waals surface area contributed by atoms with Gasteiger partial charge in [0.1, 0.15) is 12.1 Å². The lowest BCUT2D eigenvalue weighted by Crippen LogP contribution is -2.53. The van der Waals surface area contributed by atoms with Crippen molar-refractivity contribution in [3.05, 3.63) is 18.1 Å². The number of rotatable bonds is 1. The second kappa shape index (κ2) is 2.98. The second-order valence-electron chi connectivity index (χ2n) is 3.86. The number of aromatic nitrogens is 2. The zero-order chi connectivity index (χ0) is 9.42. The van der Waals surface area contributed by atoms with Crippen LogP contribution in [-0.4, -0.2) is 22.1 Å². The zero-order valence-corrected chi connectivity index (χ0v) is 8.36. The Labute approximate surface area is 78.8 Å². The van der Waals surface area contributed by atoms with E-state index in [1.807, 2.05) is 13.0 Å². The van der Waals surface area contributed by atoms with Crippen LogP contribution in [0.25, 0.3) is 0 Å². The van der Waals surface area contributed by atoms with Gasteiger partial charge < -0.3 is 4.90 Å². The quantitative estimate of drug-likeness (QED) is 0.654. The number of anilines is 1. The van der Waals surface area contributed by atoms with E-state index in [4.69, 9.17) is 0 Å². The molecule has 0 amide bonds. The fourth-order valence-corrected chi connectivity index (χ4v) is 2.05. The van der Waals surface area contributed by atoms with E-state index in [1.165, 1.54) is 6.42 Å². The summed E-state index contributed by atoms with van der Waals surface area (Å²) in [6, 6.07) is 3.31. The molecule has 1 saturated heterocycles. The first kappa shape index (κ1) is 8.48. The molecule has 0 spiro atoms. The summed E-state index contributed by atoms with van der Waals surface area (Å²) in [5.41, 5.74) is 1.04. The van der Waals surface area contributed by atoms with E-state index in [1.54, 1.807) is 6.33 Å². The topological polar surface area (TPSA) is 29.0 Å². The second-order valence-corrected chi connectivity index (χ2v) is 3.86. The van der Waals surface area contributed by atoms with E-state index in [0.717, 1.165) is 11.5 Å². The molecule has 3 heteroatoms. The molecule has 3 nitrogen and oxygen atoms in total. The fraction of sp³-hybridized carbons (Fsp3) is 0.600. The molecule has 0 aliphatic carbocycles. The Morgan fingerprint density at radius 1 is 1.31 bits per heavy atom. The van der Waals surface area contributed by atoms with E-state index < -0.39 is 0 Å². The average Bonchev–Trinajstić information content (AvgIpc) is 2.03. The molecule has 1 aromatic rings. The number of hydrogen-bond acceptors (Lipinski definition) is 3. The molecule has 0 aromatic carbocycles. The standard InChI is InChI=1S/C10H15N3/c1-7-4-10(12-6-11-7)13-8(2)5-9(13)3/h4,6,8-9H,5H2,1-3H3. The molecule has 0 radical (unpaired) electrons. The van der Waals surface area contributed by atoms with Gasteiger partial charge in [0.2, 0.25) is 0 Å². The summed E-state index contributed by atoms with van der Waals surface area (Å²) >= 11 is 0. The fourth-order valence-electron chi connectivity index (χ4n) is 2.05. The van der Waals surface area contributed by atoms with Crippen LogP contribution in [0.2, 0.25) is 0 Å². The summed E-state index contributed by atoms with van der Waals surface area (Å²) in [5, 5.41) is 0. The van der Waals surface area contributed by atoms with Crippen molar-refractivity contribution in [2.45, 2.75) is 39.3 Å². The Morgan fingerprint density at radius 2 is 2.00 bits per heavy atom. The molecule has 0 saturated carbocycles. The first-order chi connectivity index (χ1) is 6.18. The predicted molar refractivity (Wildman–Crippen MR) is 52.8 cm³/mol. The molecule has 1 fully saturated rings. The molecule has 2 rings (SSSR count). The molecule has 1 aliphatic rings. The van der Waals surface area contributed by atoms with Crippen molar-refractivity contribution in [3.63, 3.8) is 0 Å². The van der Waals surface area contributed by atoms with Gasteiger partial charge in [0.05, 0.1) is 0 Å². The predicted octanol–water partition coefficient (Wildman–Crippen LogP) is 1.77. The van der Waals surface area contributed by atoms with Crippen molar-refractivity contribution in [1.29, 1.82) is 0 Å². The van der Waals surface area contributed by atoms with Crippen LogP contribution in [0.3, 0.4) is 0 Å². The molecule has 2 atom stereocenters. The third-order valence-corrected chi connectivity index (χ3v) is 2.69. The monoisotopic (exact) mass is 177 g/mol. The lowest BCUT2D eigenvalue weighted by molar-refractivity contribution is 0.376. The van der Waals surface area contributed by atoms with Crippen molar-refractivity contribution >= 4 is 5.82 Å². The maximum atomic E-state index is 4.28. The Hall–Kier alpha value is -1.12. The van der Waals surface area contributed by atoms with E-state index >= 15 is 0 Å².